The summed E-state index contributed by atoms with van der Waals surface area (Å²) in [4.78, 5) is 8.81. The monoisotopic (exact) mass is 495 g/mol. The Hall–Kier alpha value is -1.40. The van der Waals surface area contributed by atoms with Crippen LogP contribution in [0.3, 0.4) is 0 Å². The quantitative estimate of drug-likeness (QED) is 0.168. The number of aryl methyl sites for hydroxylation is 1. The molecular weight excluding hydrogens is 442 g/mol. The minimum Gasteiger partial charge on any atom is -0.374 e. The highest BCUT2D eigenvalue weighted by molar-refractivity contribution is 7.75. The first-order valence-electron chi connectivity index (χ1n) is 12.7. The molecule has 0 amide bonds. The molecule has 2 rings (SSSR count). The van der Waals surface area contributed by atoms with Gasteiger partial charge >= 0.3 is 0 Å². The van der Waals surface area contributed by atoms with Gasteiger partial charge in [0.1, 0.15) is 6.29 Å². The molecule has 0 spiro atoms. The minimum atomic E-state index is 0.357. The van der Waals surface area contributed by atoms with Crippen LogP contribution in [-0.4, -0.2) is 39.7 Å². The smallest absolute Gasteiger partial charge is 0.116 e. The van der Waals surface area contributed by atoms with Crippen molar-refractivity contribution in [1.82, 2.24) is 5.32 Å². The molecule has 2 atom stereocenters. The number of nitrogens with one attached hydrogen (secondary N) is 1. The van der Waals surface area contributed by atoms with E-state index in [9.17, 15) is 0 Å². The average molecular weight is 496 g/mol. The molecule has 1 aliphatic heterocycles. The molecule has 0 radical (unpaired) electrons. The number of hydrogen-bond donors (Lipinski definition) is 2. The van der Waals surface area contributed by atoms with E-state index >= 15 is 0 Å². The number of carbonyl (C=O) groups is 1. The Balaban J connectivity index is -0.000000427. The Kier molecular flexibility index (Phi) is 36.9. The van der Waals surface area contributed by atoms with Gasteiger partial charge < -0.3 is 19.0 Å². The molecule has 1 fully saturated rings. The highest BCUT2D eigenvalue weighted by Gasteiger charge is 2.22. The van der Waals surface area contributed by atoms with Crippen LogP contribution in [0.4, 0.5) is 0 Å². The van der Waals surface area contributed by atoms with E-state index in [1.807, 2.05) is 7.05 Å². The summed E-state index contributed by atoms with van der Waals surface area (Å²) < 4.78 is 9.71. The second-order valence-electron chi connectivity index (χ2n) is 7.62. The van der Waals surface area contributed by atoms with Crippen molar-refractivity contribution in [2.45, 2.75) is 85.7 Å². The molecule has 4 nitrogen and oxygen atoms in total. The molecule has 1 unspecified atom stereocenters. The van der Waals surface area contributed by atoms with Crippen LogP contribution in [0.5, 0.6) is 0 Å². The van der Waals surface area contributed by atoms with Crippen molar-refractivity contribution >= 4 is 19.2 Å². The lowest BCUT2D eigenvalue weighted by molar-refractivity contribution is -0.106. The van der Waals surface area contributed by atoms with Gasteiger partial charge in [-0.25, -0.2) is 0 Å². The van der Waals surface area contributed by atoms with E-state index in [-0.39, 0.29) is 0 Å². The van der Waals surface area contributed by atoms with E-state index in [2.05, 4.69) is 105 Å². The summed E-state index contributed by atoms with van der Waals surface area (Å²) >= 11 is 3.29. The number of carbonyl (C=O) groups excluding carboxylic acids is 1. The van der Waals surface area contributed by atoms with Crippen LogP contribution in [0.15, 0.2) is 54.6 Å². The second kappa shape index (κ2) is 33.8. The van der Waals surface area contributed by atoms with Gasteiger partial charge in [-0.05, 0) is 83.9 Å². The molecule has 1 heterocycles. The van der Waals surface area contributed by atoms with E-state index in [1.165, 1.54) is 64.5 Å². The van der Waals surface area contributed by atoms with Gasteiger partial charge in [-0.15, -0.1) is 0 Å². The maximum Gasteiger partial charge on any atom is 0.116 e. The fraction of sp³-hybridized carbons (Fsp3) is 0.621. The van der Waals surface area contributed by atoms with Crippen molar-refractivity contribution in [1.29, 1.82) is 0 Å². The van der Waals surface area contributed by atoms with Gasteiger partial charge in [0, 0.05) is 13.7 Å². The van der Waals surface area contributed by atoms with Gasteiger partial charge in [0.15, 0.2) is 0 Å². The lowest BCUT2D eigenvalue weighted by Gasteiger charge is -2.29. The zero-order chi connectivity index (χ0) is 26.3. The molecule has 1 saturated heterocycles. The van der Waals surface area contributed by atoms with Crippen LogP contribution >= 0.6 is 12.9 Å². The topological polar surface area (TPSA) is 47.6 Å². The molecule has 0 bridgehead atoms. The van der Waals surface area contributed by atoms with Gasteiger partial charge in [0.05, 0.1) is 6.10 Å². The molecule has 34 heavy (non-hydrogen) atoms. The van der Waals surface area contributed by atoms with Gasteiger partial charge in [-0.1, -0.05) is 88.2 Å². The summed E-state index contributed by atoms with van der Waals surface area (Å²) in [5.74, 6) is 0.697. The summed E-state index contributed by atoms with van der Waals surface area (Å²) in [6, 6.07) is 10.6. The maximum atomic E-state index is 8.81. The first-order chi connectivity index (χ1) is 16.6. The highest BCUT2D eigenvalue weighted by atomic mass is 32.1. The van der Waals surface area contributed by atoms with E-state index in [4.69, 9.17) is 9.53 Å². The van der Waals surface area contributed by atoms with Crippen molar-refractivity contribution < 1.29 is 13.7 Å². The van der Waals surface area contributed by atoms with Crippen LogP contribution in [-0.2, 0) is 20.1 Å². The van der Waals surface area contributed by atoms with Crippen LogP contribution in [0.25, 0.3) is 0 Å². The Bertz CT molecular complexity index is 548. The van der Waals surface area contributed by atoms with Gasteiger partial charge in [-0.2, -0.15) is 0 Å². The Labute approximate surface area is 217 Å². The van der Waals surface area contributed by atoms with Crippen LogP contribution in [0.2, 0.25) is 0 Å². The Morgan fingerprint density at radius 2 is 1.71 bits per heavy atom. The molecule has 1 aromatic rings. The summed E-state index contributed by atoms with van der Waals surface area (Å²) in [6.07, 6.45) is 18.7. The fourth-order valence-corrected chi connectivity index (χ4v) is 3.01. The SMILES string of the molecule is C/C=C/C1OCCC[C@@H]1C/C=C\CCC.CC=O.CCCc1ccccc1.CCNC.COS. The number of allylic oxidation sites excluding steroid dienone is 3. The number of ether oxygens (including phenoxy) is 1. The molecular formula is C29H53NO3S. The highest BCUT2D eigenvalue weighted by Crippen LogP contribution is 2.25. The van der Waals surface area contributed by atoms with Crippen molar-refractivity contribution in [3.8, 4) is 0 Å². The lowest BCUT2D eigenvalue weighted by Crippen LogP contribution is -2.27. The lowest BCUT2D eigenvalue weighted by atomic mass is 9.90. The van der Waals surface area contributed by atoms with E-state index in [0.29, 0.717) is 12.0 Å². The zero-order valence-corrected chi connectivity index (χ0v) is 23.9. The third-order valence-electron chi connectivity index (χ3n) is 4.67. The van der Waals surface area contributed by atoms with Gasteiger partial charge in [0.2, 0.25) is 0 Å². The molecule has 1 aromatic carbocycles. The minimum absolute atomic E-state index is 0.357. The van der Waals surface area contributed by atoms with E-state index in [0.717, 1.165) is 19.4 Å². The number of aldehydes is 1. The molecule has 0 aliphatic carbocycles. The van der Waals surface area contributed by atoms with E-state index < -0.39 is 0 Å². The fourth-order valence-electron chi connectivity index (χ4n) is 3.01. The van der Waals surface area contributed by atoms with Crippen molar-refractivity contribution in [2.24, 2.45) is 5.92 Å². The van der Waals surface area contributed by atoms with Crippen LogP contribution < -0.4 is 5.32 Å². The normalized spacial score (nSPS) is 16.6. The third-order valence-corrected chi connectivity index (χ3v) is 4.67. The summed E-state index contributed by atoms with van der Waals surface area (Å²) in [7, 11) is 3.42. The van der Waals surface area contributed by atoms with E-state index in [1.54, 1.807) is 0 Å². The molecule has 1 aliphatic rings. The number of thiol groups is 1. The molecule has 0 saturated carbocycles. The summed E-state index contributed by atoms with van der Waals surface area (Å²) in [5.41, 5.74) is 1.44. The predicted octanol–water partition coefficient (Wildman–Crippen LogP) is 7.65. The average Bonchev–Trinajstić information content (AvgIpc) is 2.85. The first kappa shape index (κ1) is 37.2. The predicted molar refractivity (Wildman–Crippen MR) is 154 cm³/mol. The Morgan fingerprint density at radius 1 is 1.12 bits per heavy atom. The van der Waals surface area contributed by atoms with Crippen LogP contribution in [0.1, 0.15) is 78.7 Å². The van der Waals surface area contributed by atoms with Crippen LogP contribution in [0, 0.1) is 5.92 Å². The van der Waals surface area contributed by atoms with Crippen molar-refractivity contribution in [3.63, 3.8) is 0 Å². The molecule has 198 valence electrons. The number of benzene rings is 1. The van der Waals surface area contributed by atoms with Crippen molar-refractivity contribution in [3.05, 3.63) is 60.2 Å². The standard InChI is InChI=1S/C14H24O.C9H12.C3H9N.C2H4O.CH4OS/c1-3-5-6-7-10-13-11-8-12-15-14(13)9-4-2;1-2-6-9-7-4-3-5-8-9;1-3-4-2;2*1-2-3/h4,6-7,9,13-14H,3,5,8,10-12H2,1-2H3;3-5,7-8H,2,6H2,1H3;4H,3H2,1-2H3;2H,1H3;3H,1H3/b7-6-,9-4+;;;;/t13-,14?;;;;/m0..../s1. The maximum absolute atomic E-state index is 8.81. The Morgan fingerprint density at radius 3 is 2.18 bits per heavy atom. The van der Waals surface area contributed by atoms with Crippen molar-refractivity contribution in [2.75, 3.05) is 27.3 Å². The summed E-state index contributed by atoms with van der Waals surface area (Å²) in [6.45, 7) is 12.0. The number of rotatable bonds is 8. The number of hydrogen-bond acceptors (Lipinski definition) is 5. The molecule has 0 aromatic heterocycles. The largest absolute Gasteiger partial charge is 0.374 e. The zero-order valence-electron chi connectivity index (χ0n) is 23.0. The molecule has 1 N–H and O–H groups in total. The van der Waals surface area contributed by atoms with Gasteiger partial charge in [-0.3, -0.25) is 0 Å². The van der Waals surface area contributed by atoms with Gasteiger partial charge in [0.25, 0.3) is 0 Å². The second-order valence-corrected chi connectivity index (χ2v) is 7.99. The number of unbranched alkanes of at least 4 members (excludes halogenated alkanes) is 1. The first-order valence-corrected chi connectivity index (χ1v) is 13.1. The third kappa shape index (κ3) is 28.6. The summed E-state index contributed by atoms with van der Waals surface area (Å²) in [5, 5.41) is 2.93. The molecule has 5 heteroatoms.